The Balaban J connectivity index is 2.76. The lowest BCUT2D eigenvalue weighted by atomic mass is 10.2. The molecule has 1 aromatic rings. The molecule has 0 radical (unpaired) electrons. The molecular formula is C11H15N3O3. The zero-order valence-electron chi connectivity index (χ0n) is 9.51. The monoisotopic (exact) mass is 237 g/mol. The zero-order chi connectivity index (χ0) is 12.7. The van der Waals surface area contributed by atoms with Gasteiger partial charge in [-0.05, 0) is 12.1 Å². The Morgan fingerprint density at radius 2 is 2.18 bits per heavy atom. The summed E-state index contributed by atoms with van der Waals surface area (Å²) in [7, 11) is 1.60. The normalized spacial score (nSPS) is 9.53. The minimum atomic E-state index is -0.425. The number of nitrogens with one attached hydrogen (secondary N) is 2. The number of urea groups is 1. The molecule has 0 aromatic heterocycles. The lowest BCUT2D eigenvalue weighted by molar-refractivity contribution is -0.107. The summed E-state index contributed by atoms with van der Waals surface area (Å²) in [5.74, 6) is 0. The van der Waals surface area contributed by atoms with Crippen LogP contribution in [0.15, 0.2) is 24.3 Å². The molecule has 1 aromatic carbocycles. The van der Waals surface area contributed by atoms with E-state index in [9.17, 15) is 9.59 Å². The predicted octanol–water partition coefficient (Wildman–Crippen LogP) is 0.393. The first kappa shape index (κ1) is 13.0. The molecule has 3 N–H and O–H groups in total. The second-order valence-electron chi connectivity index (χ2n) is 3.34. The maximum Gasteiger partial charge on any atom is 0.319 e. The lowest BCUT2D eigenvalue weighted by Gasteiger charge is -2.16. The van der Waals surface area contributed by atoms with Gasteiger partial charge in [-0.2, -0.15) is 0 Å². The Morgan fingerprint density at radius 1 is 1.47 bits per heavy atom. The number of amides is 3. The number of nitrogens with zero attached hydrogens (tertiary/aromatic N) is 1. The lowest BCUT2D eigenvalue weighted by Crippen LogP contribution is -2.31. The minimum Gasteiger partial charge on any atom is -0.395 e. The summed E-state index contributed by atoms with van der Waals surface area (Å²) in [6.45, 7) is 0.0564. The number of hydrogen-bond acceptors (Lipinski definition) is 3. The molecule has 0 aliphatic rings. The van der Waals surface area contributed by atoms with Crippen LogP contribution in [-0.2, 0) is 4.79 Å². The average Bonchev–Trinajstić information content (AvgIpc) is 2.36. The number of carbonyl (C=O) groups excluding carboxylic acids is 2. The van der Waals surface area contributed by atoms with Crippen LogP contribution >= 0.6 is 0 Å². The highest BCUT2D eigenvalue weighted by molar-refractivity contribution is 5.95. The van der Waals surface area contributed by atoms with Gasteiger partial charge in [-0.25, -0.2) is 4.79 Å². The number of aliphatic hydroxyl groups is 1. The second-order valence-corrected chi connectivity index (χ2v) is 3.34. The average molecular weight is 237 g/mol. The molecule has 92 valence electrons. The highest BCUT2D eigenvalue weighted by Gasteiger charge is 2.08. The van der Waals surface area contributed by atoms with Gasteiger partial charge in [0.2, 0.25) is 6.41 Å². The molecule has 0 atom stereocenters. The van der Waals surface area contributed by atoms with Crippen LogP contribution in [0, 0.1) is 0 Å². The van der Waals surface area contributed by atoms with Crippen molar-refractivity contribution in [2.75, 3.05) is 30.4 Å². The molecule has 0 aliphatic heterocycles. The highest BCUT2D eigenvalue weighted by atomic mass is 16.3. The molecular weight excluding hydrogens is 222 g/mol. The van der Waals surface area contributed by atoms with E-state index in [4.69, 9.17) is 5.11 Å². The first-order chi connectivity index (χ1) is 8.19. The van der Waals surface area contributed by atoms with Crippen LogP contribution < -0.4 is 15.5 Å². The van der Waals surface area contributed by atoms with Gasteiger partial charge in [0.05, 0.1) is 18.0 Å². The van der Waals surface area contributed by atoms with E-state index in [1.807, 2.05) is 0 Å². The Labute approximate surface area is 99.2 Å². The topological polar surface area (TPSA) is 81.7 Å². The predicted molar refractivity (Wildman–Crippen MR) is 65.0 cm³/mol. The quantitative estimate of drug-likeness (QED) is 0.648. The van der Waals surface area contributed by atoms with Gasteiger partial charge in [-0.3, -0.25) is 4.79 Å². The van der Waals surface area contributed by atoms with Crippen molar-refractivity contribution >= 4 is 23.8 Å². The fourth-order valence-corrected chi connectivity index (χ4v) is 1.28. The van der Waals surface area contributed by atoms with Crippen molar-refractivity contribution in [3.63, 3.8) is 0 Å². The number of para-hydroxylation sites is 2. The van der Waals surface area contributed by atoms with E-state index >= 15 is 0 Å². The van der Waals surface area contributed by atoms with Crippen LogP contribution in [0.5, 0.6) is 0 Å². The van der Waals surface area contributed by atoms with Crippen LogP contribution in [-0.4, -0.2) is 37.7 Å². The number of rotatable bonds is 5. The molecule has 0 saturated carbocycles. The van der Waals surface area contributed by atoms with Gasteiger partial charge in [-0.15, -0.1) is 0 Å². The standard InChI is InChI=1S/C11H15N3O3/c1-14(8-16)10-5-3-2-4-9(10)13-11(17)12-6-7-15/h2-5,8,15H,6-7H2,1H3,(H2,12,13,17). The van der Waals surface area contributed by atoms with Crippen molar-refractivity contribution in [1.82, 2.24) is 5.32 Å². The van der Waals surface area contributed by atoms with Crippen LogP contribution in [0.2, 0.25) is 0 Å². The van der Waals surface area contributed by atoms with Crippen LogP contribution in [0.4, 0.5) is 16.2 Å². The molecule has 3 amide bonds. The third kappa shape index (κ3) is 3.76. The molecule has 1 rings (SSSR count). The van der Waals surface area contributed by atoms with Crippen LogP contribution in [0.3, 0.4) is 0 Å². The van der Waals surface area contributed by atoms with Gasteiger partial charge in [0.15, 0.2) is 0 Å². The SMILES string of the molecule is CN(C=O)c1ccccc1NC(=O)NCCO. The molecule has 6 nitrogen and oxygen atoms in total. The summed E-state index contributed by atoms with van der Waals surface area (Å²) < 4.78 is 0. The second kappa shape index (κ2) is 6.49. The van der Waals surface area contributed by atoms with E-state index in [0.29, 0.717) is 17.8 Å². The number of hydrogen-bond donors (Lipinski definition) is 3. The summed E-state index contributed by atoms with van der Waals surface area (Å²) in [5.41, 5.74) is 1.12. The summed E-state index contributed by atoms with van der Waals surface area (Å²) >= 11 is 0. The third-order valence-electron chi connectivity index (χ3n) is 2.09. The molecule has 17 heavy (non-hydrogen) atoms. The molecule has 0 fully saturated rings. The number of aliphatic hydroxyl groups excluding tert-OH is 1. The van der Waals surface area contributed by atoms with Crippen molar-refractivity contribution in [2.24, 2.45) is 0 Å². The first-order valence-corrected chi connectivity index (χ1v) is 5.12. The van der Waals surface area contributed by atoms with Crippen LogP contribution in [0.25, 0.3) is 0 Å². The molecule has 0 heterocycles. The Hall–Kier alpha value is -2.08. The number of anilines is 2. The highest BCUT2D eigenvalue weighted by Crippen LogP contribution is 2.23. The first-order valence-electron chi connectivity index (χ1n) is 5.12. The van der Waals surface area contributed by atoms with Gasteiger partial charge in [0.1, 0.15) is 0 Å². The van der Waals surface area contributed by atoms with Crippen LogP contribution in [0.1, 0.15) is 0 Å². The van der Waals surface area contributed by atoms with Gasteiger partial charge in [-0.1, -0.05) is 12.1 Å². The van der Waals surface area contributed by atoms with Crippen molar-refractivity contribution < 1.29 is 14.7 Å². The number of carbonyl (C=O) groups is 2. The maximum absolute atomic E-state index is 11.4. The fraction of sp³-hybridized carbons (Fsp3) is 0.273. The molecule has 0 bridgehead atoms. The van der Waals surface area contributed by atoms with E-state index in [0.717, 1.165) is 0 Å². The van der Waals surface area contributed by atoms with E-state index in [1.54, 1.807) is 31.3 Å². The molecule has 0 saturated heterocycles. The van der Waals surface area contributed by atoms with Crippen molar-refractivity contribution in [1.29, 1.82) is 0 Å². The van der Waals surface area contributed by atoms with E-state index < -0.39 is 6.03 Å². The zero-order valence-corrected chi connectivity index (χ0v) is 9.51. The summed E-state index contributed by atoms with van der Waals surface area (Å²) in [6, 6.07) is 6.51. The Bertz CT molecular complexity index is 395. The van der Waals surface area contributed by atoms with Gasteiger partial charge < -0.3 is 20.6 Å². The van der Waals surface area contributed by atoms with E-state index in [-0.39, 0.29) is 13.2 Å². The Morgan fingerprint density at radius 3 is 2.82 bits per heavy atom. The summed E-state index contributed by atoms with van der Waals surface area (Å²) in [6.07, 6.45) is 0.659. The maximum atomic E-state index is 11.4. The third-order valence-corrected chi connectivity index (χ3v) is 2.09. The van der Waals surface area contributed by atoms with Gasteiger partial charge in [0, 0.05) is 13.6 Å². The smallest absolute Gasteiger partial charge is 0.319 e. The summed E-state index contributed by atoms with van der Waals surface area (Å²) in [5, 5.41) is 13.6. The minimum absolute atomic E-state index is 0.122. The van der Waals surface area contributed by atoms with Gasteiger partial charge in [0.25, 0.3) is 0 Å². The summed E-state index contributed by atoms with van der Waals surface area (Å²) in [4.78, 5) is 23.4. The van der Waals surface area contributed by atoms with Crippen molar-refractivity contribution in [3.8, 4) is 0 Å². The molecule has 0 aliphatic carbocycles. The van der Waals surface area contributed by atoms with E-state index in [1.165, 1.54) is 4.90 Å². The molecule has 0 spiro atoms. The fourth-order valence-electron chi connectivity index (χ4n) is 1.28. The van der Waals surface area contributed by atoms with Crippen molar-refractivity contribution in [3.05, 3.63) is 24.3 Å². The largest absolute Gasteiger partial charge is 0.395 e. The Kier molecular flexibility index (Phi) is 4.96. The number of benzene rings is 1. The molecule has 6 heteroatoms. The van der Waals surface area contributed by atoms with E-state index in [2.05, 4.69) is 10.6 Å². The molecule has 0 unspecified atom stereocenters. The van der Waals surface area contributed by atoms with Gasteiger partial charge >= 0.3 is 6.03 Å². The van der Waals surface area contributed by atoms with Crippen molar-refractivity contribution in [2.45, 2.75) is 0 Å².